The van der Waals surface area contributed by atoms with Crippen molar-refractivity contribution in [3.63, 3.8) is 0 Å². The van der Waals surface area contributed by atoms with Crippen LogP contribution in [0.1, 0.15) is 35.9 Å². The summed E-state index contributed by atoms with van der Waals surface area (Å²) in [5, 5.41) is 4.10. The smallest absolute Gasteiger partial charge is 0.249 e. The number of hydrogen-bond donors (Lipinski definition) is 0. The second-order valence-electron chi connectivity index (χ2n) is 6.48. The third-order valence-corrected chi connectivity index (χ3v) is 5.25. The van der Waals surface area contributed by atoms with Crippen LogP contribution in [0.25, 0.3) is 17.5 Å². The zero-order valence-electron chi connectivity index (χ0n) is 14.6. The number of hydrogen-bond acceptors (Lipinski definition) is 4. The van der Waals surface area contributed by atoms with E-state index in [4.69, 9.17) is 4.52 Å². The maximum absolute atomic E-state index is 12.4. The molecule has 0 radical (unpaired) electrons. The summed E-state index contributed by atoms with van der Waals surface area (Å²) in [7, 11) is 0. The Morgan fingerprint density at radius 2 is 1.93 bits per heavy atom. The van der Waals surface area contributed by atoms with Crippen LogP contribution in [0, 0.1) is 0 Å². The highest BCUT2D eigenvalue weighted by Crippen LogP contribution is 2.34. The van der Waals surface area contributed by atoms with Gasteiger partial charge in [-0.15, -0.1) is 0 Å². The zero-order valence-corrected chi connectivity index (χ0v) is 16.2. The van der Waals surface area contributed by atoms with E-state index in [0.29, 0.717) is 31.1 Å². The van der Waals surface area contributed by atoms with E-state index in [0.717, 1.165) is 21.2 Å². The van der Waals surface area contributed by atoms with E-state index in [9.17, 15) is 4.79 Å². The molecule has 27 heavy (non-hydrogen) atoms. The van der Waals surface area contributed by atoms with E-state index >= 15 is 0 Å². The molecule has 1 aliphatic rings. The lowest BCUT2D eigenvalue weighted by Crippen LogP contribution is -2.27. The first-order chi connectivity index (χ1) is 13.1. The highest BCUT2D eigenvalue weighted by Gasteiger charge is 2.36. The Morgan fingerprint density at radius 1 is 1.19 bits per heavy atom. The fraction of sp³-hybridized carbons (Fsp3) is 0.190. The molecule has 0 N–H and O–H groups in total. The first-order valence-electron chi connectivity index (χ1n) is 8.74. The van der Waals surface area contributed by atoms with E-state index in [1.165, 1.54) is 0 Å². The molecule has 1 aromatic heterocycles. The van der Waals surface area contributed by atoms with Gasteiger partial charge >= 0.3 is 0 Å². The minimum Gasteiger partial charge on any atom is -0.337 e. The highest BCUT2D eigenvalue weighted by molar-refractivity contribution is 9.10. The largest absolute Gasteiger partial charge is 0.337 e. The molecule has 0 spiro atoms. The minimum atomic E-state index is -0.187. The number of aromatic nitrogens is 2. The molecule has 3 aromatic rings. The molecule has 1 saturated heterocycles. The molecular weight excluding hydrogens is 406 g/mol. The summed E-state index contributed by atoms with van der Waals surface area (Å²) in [6.07, 6.45) is 2.98. The summed E-state index contributed by atoms with van der Waals surface area (Å²) in [5.41, 5.74) is 3.00. The van der Waals surface area contributed by atoms with E-state index in [1.54, 1.807) is 6.08 Å². The average Bonchev–Trinajstić information content (AvgIpc) is 3.31. The van der Waals surface area contributed by atoms with Gasteiger partial charge in [0, 0.05) is 23.0 Å². The van der Waals surface area contributed by atoms with E-state index in [1.807, 2.05) is 53.4 Å². The molecule has 1 fully saturated rings. The van der Waals surface area contributed by atoms with Gasteiger partial charge in [-0.05, 0) is 41.8 Å². The summed E-state index contributed by atoms with van der Waals surface area (Å²) < 4.78 is 6.50. The van der Waals surface area contributed by atoms with Crippen LogP contribution >= 0.6 is 15.9 Å². The number of halogens is 1. The number of rotatable bonds is 5. The lowest BCUT2D eigenvalue weighted by molar-refractivity contribution is -0.129. The third-order valence-electron chi connectivity index (χ3n) is 4.73. The van der Waals surface area contributed by atoms with Gasteiger partial charge < -0.3 is 9.42 Å². The lowest BCUT2D eigenvalue weighted by Gasteiger charge is -2.22. The number of carbonyl (C=O) groups is 1. The van der Waals surface area contributed by atoms with Gasteiger partial charge in [0.25, 0.3) is 0 Å². The molecular formula is C21H18BrN3O2. The van der Waals surface area contributed by atoms with Crippen LogP contribution in [0.3, 0.4) is 0 Å². The van der Waals surface area contributed by atoms with Crippen molar-refractivity contribution in [1.29, 1.82) is 0 Å². The number of nitrogens with zero attached hydrogens (tertiary/aromatic N) is 3. The van der Waals surface area contributed by atoms with Crippen LogP contribution in [-0.4, -0.2) is 20.9 Å². The Labute approximate surface area is 165 Å². The van der Waals surface area contributed by atoms with E-state index < -0.39 is 0 Å². The number of amides is 1. The molecule has 0 bridgehead atoms. The summed E-state index contributed by atoms with van der Waals surface area (Å²) in [6.45, 7) is 4.29. The molecule has 1 amide bonds. The Morgan fingerprint density at radius 3 is 2.63 bits per heavy atom. The molecule has 0 aliphatic carbocycles. The predicted molar refractivity (Wildman–Crippen MR) is 106 cm³/mol. The standard InChI is InChI=1S/C21H18BrN3O2/c1-2-14-3-5-15(6-4-14)13-25-18(11-12-19(25)26)21-23-20(24-27-21)16-7-9-17(22)10-8-16/h2-10,18H,1,11-13H2. The molecule has 136 valence electrons. The van der Waals surface area contributed by atoms with Gasteiger partial charge in [0.1, 0.15) is 6.04 Å². The summed E-state index contributed by atoms with van der Waals surface area (Å²) >= 11 is 3.42. The fourth-order valence-corrected chi connectivity index (χ4v) is 3.50. The van der Waals surface area contributed by atoms with Gasteiger partial charge in [-0.2, -0.15) is 4.98 Å². The Bertz CT molecular complexity index is 964. The molecule has 2 heterocycles. The maximum atomic E-state index is 12.4. The lowest BCUT2D eigenvalue weighted by atomic mass is 10.1. The fourth-order valence-electron chi connectivity index (χ4n) is 3.23. The van der Waals surface area contributed by atoms with Crippen molar-refractivity contribution in [2.75, 3.05) is 0 Å². The van der Waals surface area contributed by atoms with Crippen molar-refractivity contribution < 1.29 is 9.32 Å². The highest BCUT2D eigenvalue weighted by atomic mass is 79.9. The molecule has 4 rings (SSSR count). The van der Waals surface area contributed by atoms with Crippen molar-refractivity contribution in [1.82, 2.24) is 15.0 Å². The van der Waals surface area contributed by atoms with E-state index in [-0.39, 0.29) is 11.9 Å². The van der Waals surface area contributed by atoms with Crippen molar-refractivity contribution in [2.24, 2.45) is 0 Å². The average molecular weight is 424 g/mol. The number of benzene rings is 2. The Hall–Kier alpha value is -2.73. The minimum absolute atomic E-state index is 0.108. The van der Waals surface area contributed by atoms with Crippen molar-refractivity contribution in [2.45, 2.75) is 25.4 Å². The van der Waals surface area contributed by atoms with Gasteiger partial charge in [-0.1, -0.05) is 58.0 Å². The van der Waals surface area contributed by atoms with Gasteiger partial charge in [0.05, 0.1) is 0 Å². The molecule has 5 nitrogen and oxygen atoms in total. The first-order valence-corrected chi connectivity index (χ1v) is 9.54. The SMILES string of the molecule is C=Cc1ccc(CN2C(=O)CCC2c2nc(-c3ccc(Br)cc3)no2)cc1. The van der Waals surface area contributed by atoms with Gasteiger partial charge in [-0.25, -0.2) is 0 Å². The maximum Gasteiger partial charge on any atom is 0.249 e. The number of carbonyl (C=O) groups excluding carboxylic acids is 1. The topological polar surface area (TPSA) is 59.2 Å². The molecule has 1 unspecified atom stereocenters. The predicted octanol–water partition coefficient (Wildman–Crippen LogP) is 5.01. The molecule has 6 heteroatoms. The van der Waals surface area contributed by atoms with Crippen molar-refractivity contribution in [3.05, 3.63) is 76.6 Å². The summed E-state index contributed by atoms with van der Waals surface area (Å²) in [6, 6.07) is 15.6. The zero-order chi connectivity index (χ0) is 18.8. The Kier molecular flexibility index (Phi) is 4.90. The van der Waals surface area contributed by atoms with Crippen LogP contribution in [0.5, 0.6) is 0 Å². The van der Waals surface area contributed by atoms with Crippen LogP contribution in [-0.2, 0) is 11.3 Å². The summed E-state index contributed by atoms with van der Waals surface area (Å²) in [4.78, 5) is 18.8. The van der Waals surface area contributed by atoms with Gasteiger partial charge in [-0.3, -0.25) is 4.79 Å². The van der Waals surface area contributed by atoms with Gasteiger partial charge in [0.15, 0.2) is 0 Å². The second-order valence-corrected chi connectivity index (χ2v) is 7.40. The monoisotopic (exact) mass is 423 g/mol. The molecule has 2 aromatic carbocycles. The molecule has 0 saturated carbocycles. The van der Waals surface area contributed by atoms with Crippen molar-refractivity contribution >= 4 is 27.9 Å². The van der Waals surface area contributed by atoms with Gasteiger partial charge in [0.2, 0.25) is 17.6 Å². The third kappa shape index (κ3) is 3.71. The second kappa shape index (κ2) is 7.48. The summed E-state index contributed by atoms with van der Waals surface area (Å²) in [5.74, 6) is 1.13. The normalized spacial score (nSPS) is 16.7. The Balaban J connectivity index is 1.55. The van der Waals surface area contributed by atoms with Crippen LogP contribution in [0.2, 0.25) is 0 Å². The molecule has 1 aliphatic heterocycles. The quantitative estimate of drug-likeness (QED) is 0.578. The van der Waals surface area contributed by atoms with Crippen LogP contribution < -0.4 is 0 Å². The molecule has 1 atom stereocenters. The van der Waals surface area contributed by atoms with Crippen LogP contribution in [0.4, 0.5) is 0 Å². The van der Waals surface area contributed by atoms with Crippen molar-refractivity contribution in [3.8, 4) is 11.4 Å². The van der Waals surface area contributed by atoms with E-state index in [2.05, 4.69) is 32.6 Å². The number of likely N-dealkylation sites (tertiary alicyclic amines) is 1. The van der Waals surface area contributed by atoms with Crippen LogP contribution in [0.15, 0.2) is 64.1 Å². The first kappa shape index (κ1) is 17.7.